The Kier molecular flexibility index (Phi) is 6.88. The van der Waals surface area contributed by atoms with Crippen molar-refractivity contribution in [2.24, 2.45) is 11.8 Å². The number of alkyl halides is 3. The number of aromatic nitrogens is 1. The predicted octanol–water partition coefficient (Wildman–Crippen LogP) is 3.82. The van der Waals surface area contributed by atoms with Crippen molar-refractivity contribution in [3.63, 3.8) is 0 Å². The summed E-state index contributed by atoms with van der Waals surface area (Å²) in [5.41, 5.74) is 1.71. The summed E-state index contributed by atoms with van der Waals surface area (Å²) in [7, 11) is 0. The van der Waals surface area contributed by atoms with Gasteiger partial charge in [-0.2, -0.15) is 18.2 Å². The standard InChI is InChI=1S/C25H28F4N4O4/c1-14-8-19(26)20(30-24(35)33-13-18(25(27,28)29)17-12-21(17)33)11-16(14)15-9-22(32-2-5-36-6-3-32)31-23(10-15)37-7-4-34/h8-11,17-18,21,34H,2-7,12-13H2,1H3,(H,30,35). The molecule has 8 nitrogen and oxygen atoms in total. The number of ether oxygens (including phenoxy) is 2. The molecule has 1 aromatic carbocycles. The van der Waals surface area contributed by atoms with Crippen LogP contribution in [0.1, 0.15) is 12.0 Å². The number of hydrogen-bond donors (Lipinski definition) is 2. The molecular formula is C25H28F4N4O4. The summed E-state index contributed by atoms with van der Waals surface area (Å²) in [5, 5.41) is 11.7. The molecule has 3 heterocycles. The average molecular weight is 525 g/mol. The molecule has 2 amide bonds. The molecule has 0 radical (unpaired) electrons. The Morgan fingerprint density at radius 2 is 2.00 bits per heavy atom. The zero-order valence-corrected chi connectivity index (χ0v) is 20.2. The molecule has 1 aromatic heterocycles. The molecule has 3 fully saturated rings. The first kappa shape index (κ1) is 25.5. The van der Waals surface area contributed by atoms with Crippen LogP contribution < -0.4 is 15.0 Å². The lowest BCUT2D eigenvalue weighted by Crippen LogP contribution is -2.38. The van der Waals surface area contributed by atoms with E-state index in [-0.39, 0.29) is 24.8 Å². The molecule has 5 rings (SSSR count). The summed E-state index contributed by atoms with van der Waals surface area (Å²) in [6, 6.07) is 5.02. The Labute approximate surface area is 211 Å². The number of urea groups is 1. The highest BCUT2D eigenvalue weighted by molar-refractivity contribution is 5.91. The van der Waals surface area contributed by atoms with Gasteiger partial charge in [-0.1, -0.05) is 0 Å². The van der Waals surface area contributed by atoms with Crippen LogP contribution in [-0.2, 0) is 4.74 Å². The number of anilines is 2. The van der Waals surface area contributed by atoms with Gasteiger partial charge < -0.3 is 29.7 Å². The Morgan fingerprint density at radius 3 is 2.68 bits per heavy atom. The quantitative estimate of drug-likeness (QED) is 0.559. The lowest BCUT2D eigenvalue weighted by Gasteiger charge is -2.28. The van der Waals surface area contributed by atoms with Crippen LogP contribution in [-0.4, -0.2) is 79.3 Å². The van der Waals surface area contributed by atoms with Crippen LogP contribution in [0.25, 0.3) is 11.1 Å². The molecule has 1 aliphatic carbocycles. The van der Waals surface area contributed by atoms with Crippen LogP contribution in [0.4, 0.5) is 33.9 Å². The molecule has 1 saturated carbocycles. The number of halogens is 4. The number of carbonyl (C=O) groups is 1. The molecule has 3 atom stereocenters. The average Bonchev–Trinajstić information content (AvgIpc) is 3.55. The number of piperidine rings is 1. The number of amides is 2. The van der Waals surface area contributed by atoms with Gasteiger partial charge in [0.05, 0.1) is 31.4 Å². The first-order chi connectivity index (χ1) is 17.7. The van der Waals surface area contributed by atoms with Gasteiger partial charge in [0.15, 0.2) is 0 Å². The zero-order chi connectivity index (χ0) is 26.3. The zero-order valence-electron chi connectivity index (χ0n) is 20.2. The number of nitrogens with zero attached hydrogens (tertiary/aromatic N) is 3. The largest absolute Gasteiger partial charge is 0.475 e. The highest BCUT2D eigenvalue weighted by Crippen LogP contribution is 2.54. The first-order valence-corrected chi connectivity index (χ1v) is 12.2. The number of aliphatic hydroxyl groups is 1. The number of likely N-dealkylation sites (tertiary alicyclic amines) is 1. The highest BCUT2D eigenvalue weighted by atomic mass is 19.4. The molecule has 0 bridgehead atoms. The molecule has 0 spiro atoms. The van der Waals surface area contributed by atoms with Crippen molar-refractivity contribution in [1.29, 1.82) is 0 Å². The van der Waals surface area contributed by atoms with Crippen molar-refractivity contribution in [3.8, 4) is 17.0 Å². The maximum atomic E-state index is 14.9. The van der Waals surface area contributed by atoms with Gasteiger partial charge in [-0.25, -0.2) is 9.18 Å². The van der Waals surface area contributed by atoms with Gasteiger partial charge in [-0.05, 0) is 54.2 Å². The Balaban J connectivity index is 1.42. The van der Waals surface area contributed by atoms with Gasteiger partial charge in [-0.15, -0.1) is 0 Å². The van der Waals surface area contributed by atoms with E-state index in [1.54, 1.807) is 13.0 Å². The summed E-state index contributed by atoms with van der Waals surface area (Å²) in [4.78, 5) is 20.6. The number of nitrogens with one attached hydrogen (secondary N) is 1. The van der Waals surface area contributed by atoms with E-state index < -0.39 is 42.4 Å². The monoisotopic (exact) mass is 524 g/mol. The van der Waals surface area contributed by atoms with Crippen LogP contribution in [0.2, 0.25) is 0 Å². The van der Waals surface area contributed by atoms with Gasteiger partial charge in [0.25, 0.3) is 0 Å². The van der Waals surface area contributed by atoms with Crippen LogP contribution in [0.15, 0.2) is 24.3 Å². The fraction of sp³-hybridized carbons (Fsp3) is 0.520. The molecule has 2 aliphatic heterocycles. The number of hydrogen-bond acceptors (Lipinski definition) is 6. The number of benzene rings is 1. The smallest absolute Gasteiger partial charge is 0.393 e. The van der Waals surface area contributed by atoms with Gasteiger partial charge in [-0.3, -0.25) is 0 Å². The molecule has 37 heavy (non-hydrogen) atoms. The van der Waals surface area contributed by atoms with Gasteiger partial charge in [0, 0.05) is 31.7 Å². The second kappa shape index (κ2) is 9.97. The SMILES string of the molecule is Cc1cc(F)c(NC(=O)N2CC(C(F)(F)F)C3CC32)cc1-c1cc(OCCO)nc(N2CCOCC2)c1. The molecule has 2 N–H and O–H groups in total. The van der Waals surface area contributed by atoms with Crippen molar-refractivity contribution in [2.75, 3.05) is 56.3 Å². The van der Waals surface area contributed by atoms with Crippen molar-refractivity contribution in [3.05, 3.63) is 35.6 Å². The van der Waals surface area contributed by atoms with Crippen molar-refractivity contribution >= 4 is 17.5 Å². The summed E-state index contributed by atoms with van der Waals surface area (Å²) in [5.74, 6) is -1.92. The third-order valence-electron chi connectivity index (χ3n) is 7.13. The van der Waals surface area contributed by atoms with Crippen LogP contribution >= 0.6 is 0 Å². The predicted molar refractivity (Wildman–Crippen MR) is 127 cm³/mol. The fourth-order valence-electron chi connectivity index (χ4n) is 5.15. The van der Waals surface area contributed by atoms with Crippen LogP contribution in [0, 0.1) is 24.6 Å². The number of aryl methyl sites for hydroxylation is 1. The molecule has 2 aromatic rings. The number of rotatable bonds is 6. The number of carbonyl (C=O) groups excluding carboxylic acids is 1. The van der Waals surface area contributed by atoms with E-state index in [0.29, 0.717) is 55.2 Å². The van der Waals surface area contributed by atoms with Gasteiger partial charge in [0.2, 0.25) is 5.88 Å². The Hall–Kier alpha value is -3.12. The number of fused-ring (bicyclic) bond motifs is 1. The lowest BCUT2D eigenvalue weighted by molar-refractivity contribution is -0.176. The highest BCUT2D eigenvalue weighted by Gasteiger charge is 2.63. The molecule has 12 heteroatoms. The first-order valence-electron chi connectivity index (χ1n) is 12.2. The minimum Gasteiger partial charge on any atom is -0.475 e. The van der Waals surface area contributed by atoms with Crippen LogP contribution in [0.5, 0.6) is 5.88 Å². The third kappa shape index (κ3) is 5.30. The molecular weight excluding hydrogens is 496 g/mol. The van der Waals surface area contributed by atoms with E-state index >= 15 is 0 Å². The Bertz CT molecular complexity index is 1170. The van der Waals surface area contributed by atoms with Crippen molar-refractivity contribution in [2.45, 2.75) is 25.6 Å². The van der Waals surface area contributed by atoms with E-state index in [4.69, 9.17) is 9.47 Å². The summed E-state index contributed by atoms with van der Waals surface area (Å²) >= 11 is 0. The van der Waals surface area contributed by atoms with E-state index in [1.807, 2.05) is 11.0 Å². The third-order valence-corrected chi connectivity index (χ3v) is 7.13. The molecule has 3 unspecified atom stereocenters. The Morgan fingerprint density at radius 1 is 1.24 bits per heavy atom. The summed E-state index contributed by atoms with van der Waals surface area (Å²) in [6.07, 6.45) is -4.07. The van der Waals surface area contributed by atoms with Gasteiger partial charge in [0.1, 0.15) is 18.2 Å². The van der Waals surface area contributed by atoms with Crippen molar-refractivity contribution in [1.82, 2.24) is 9.88 Å². The second-order valence-corrected chi connectivity index (χ2v) is 9.57. The van der Waals surface area contributed by atoms with E-state index in [0.717, 1.165) is 4.90 Å². The number of morpholine rings is 1. The van der Waals surface area contributed by atoms with Gasteiger partial charge >= 0.3 is 12.2 Å². The lowest BCUT2D eigenvalue weighted by atomic mass is 10.00. The molecule has 3 aliphatic rings. The summed E-state index contributed by atoms with van der Waals surface area (Å²) in [6.45, 7) is 3.46. The normalized spacial score (nSPS) is 23.1. The van der Waals surface area contributed by atoms with Crippen LogP contribution in [0.3, 0.4) is 0 Å². The fourth-order valence-corrected chi connectivity index (χ4v) is 5.15. The number of aliphatic hydroxyl groups excluding tert-OH is 1. The van der Waals surface area contributed by atoms with E-state index in [1.165, 1.54) is 12.1 Å². The van der Waals surface area contributed by atoms with Crippen molar-refractivity contribution < 1.29 is 36.9 Å². The topological polar surface area (TPSA) is 87.2 Å². The van der Waals surface area contributed by atoms with E-state index in [9.17, 15) is 27.5 Å². The maximum absolute atomic E-state index is 14.9. The molecule has 200 valence electrons. The minimum atomic E-state index is -4.37. The summed E-state index contributed by atoms with van der Waals surface area (Å²) < 4.78 is 65.7. The number of pyridine rings is 1. The van der Waals surface area contributed by atoms with E-state index in [2.05, 4.69) is 10.3 Å². The second-order valence-electron chi connectivity index (χ2n) is 9.57. The molecule has 2 saturated heterocycles. The maximum Gasteiger partial charge on any atom is 0.393 e. The minimum absolute atomic E-state index is 0.0413.